The Morgan fingerprint density at radius 3 is 2.31 bits per heavy atom. The molecule has 0 spiro atoms. The van der Waals surface area contributed by atoms with Crippen LogP contribution in [0.15, 0.2) is 80.9 Å². The fourth-order valence-electron chi connectivity index (χ4n) is 2.99. The van der Waals surface area contributed by atoms with Crippen LogP contribution in [0.1, 0.15) is 0 Å². The average Bonchev–Trinajstić information content (AvgIpc) is 3.32. The van der Waals surface area contributed by atoms with E-state index in [2.05, 4.69) is 15.5 Å². The van der Waals surface area contributed by atoms with E-state index in [0.717, 1.165) is 4.68 Å². The Hall–Kier alpha value is -4.34. The van der Waals surface area contributed by atoms with Crippen molar-refractivity contribution in [2.75, 3.05) is 6.54 Å². The van der Waals surface area contributed by atoms with Crippen LogP contribution in [-0.4, -0.2) is 32.0 Å². The summed E-state index contributed by atoms with van der Waals surface area (Å²) in [6.07, 6.45) is 1.51. The van der Waals surface area contributed by atoms with Crippen LogP contribution >= 0.6 is 0 Å². The number of hydrogen-bond donors (Lipinski definition) is 1. The zero-order valence-corrected chi connectivity index (χ0v) is 16.8. The van der Waals surface area contributed by atoms with Crippen molar-refractivity contribution in [1.82, 2.24) is 24.9 Å². The first-order chi connectivity index (χ1) is 15.5. The molecule has 0 unspecified atom stereocenters. The van der Waals surface area contributed by atoms with Crippen LogP contribution in [0.2, 0.25) is 0 Å². The van der Waals surface area contributed by atoms with Gasteiger partial charge in [-0.2, -0.15) is 10.2 Å². The first kappa shape index (κ1) is 20.9. The van der Waals surface area contributed by atoms with Crippen molar-refractivity contribution in [3.63, 3.8) is 0 Å². The van der Waals surface area contributed by atoms with E-state index in [9.17, 15) is 18.8 Å². The van der Waals surface area contributed by atoms with Gasteiger partial charge in [-0.15, -0.1) is 0 Å². The second-order valence-electron chi connectivity index (χ2n) is 6.83. The van der Waals surface area contributed by atoms with Gasteiger partial charge in [-0.05, 0) is 48.5 Å². The van der Waals surface area contributed by atoms with E-state index in [1.165, 1.54) is 53.4 Å². The lowest BCUT2D eigenvalue weighted by atomic mass is 10.1. The standard InChI is InChI=1S/C22H18FN5O4/c23-16-5-3-15(4-6-16)17-7-9-22(31)28(25-17)14-20(29)24-11-12-27-21(30)10-8-18(26-27)19-2-1-13-32-19/h1-10,13H,11-12,14H2,(H,24,29). The first-order valence-electron chi connectivity index (χ1n) is 9.72. The van der Waals surface area contributed by atoms with Gasteiger partial charge >= 0.3 is 0 Å². The highest BCUT2D eigenvalue weighted by atomic mass is 19.1. The number of carbonyl (C=O) groups excluding carboxylic acids is 1. The highest BCUT2D eigenvalue weighted by Crippen LogP contribution is 2.16. The van der Waals surface area contributed by atoms with Crippen molar-refractivity contribution in [2.45, 2.75) is 13.1 Å². The van der Waals surface area contributed by atoms with Gasteiger partial charge in [0.2, 0.25) is 5.91 Å². The number of aromatic nitrogens is 4. The molecule has 0 aliphatic heterocycles. The van der Waals surface area contributed by atoms with Crippen LogP contribution in [0.25, 0.3) is 22.7 Å². The van der Waals surface area contributed by atoms with Gasteiger partial charge in [0.05, 0.1) is 18.5 Å². The number of furan rings is 1. The molecule has 0 aliphatic rings. The Bertz CT molecular complexity index is 1340. The first-order valence-corrected chi connectivity index (χ1v) is 9.72. The lowest BCUT2D eigenvalue weighted by Crippen LogP contribution is -2.36. The largest absolute Gasteiger partial charge is 0.463 e. The lowest BCUT2D eigenvalue weighted by Gasteiger charge is -2.09. The van der Waals surface area contributed by atoms with E-state index in [-0.39, 0.29) is 31.0 Å². The van der Waals surface area contributed by atoms with Crippen molar-refractivity contribution in [2.24, 2.45) is 0 Å². The van der Waals surface area contributed by atoms with Crippen LogP contribution in [0.3, 0.4) is 0 Å². The minimum Gasteiger partial charge on any atom is -0.463 e. The fourth-order valence-corrected chi connectivity index (χ4v) is 2.99. The van der Waals surface area contributed by atoms with E-state index in [1.807, 2.05) is 0 Å². The SMILES string of the molecule is O=C(Cn1nc(-c2ccc(F)cc2)ccc1=O)NCCn1nc(-c2ccco2)ccc1=O. The van der Waals surface area contributed by atoms with E-state index in [4.69, 9.17) is 4.42 Å². The third-order valence-electron chi connectivity index (χ3n) is 4.59. The molecule has 10 heteroatoms. The molecule has 0 fully saturated rings. The van der Waals surface area contributed by atoms with Gasteiger partial charge in [0, 0.05) is 24.2 Å². The Balaban J connectivity index is 1.39. The van der Waals surface area contributed by atoms with Crippen molar-refractivity contribution in [3.05, 3.63) is 93.5 Å². The van der Waals surface area contributed by atoms with Crippen molar-refractivity contribution in [1.29, 1.82) is 0 Å². The van der Waals surface area contributed by atoms with E-state index < -0.39 is 11.5 Å². The van der Waals surface area contributed by atoms with E-state index >= 15 is 0 Å². The summed E-state index contributed by atoms with van der Waals surface area (Å²) in [7, 11) is 0. The number of benzene rings is 1. The highest BCUT2D eigenvalue weighted by molar-refractivity contribution is 5.75. The molecule has 1 amide bonds. The molecule has 4 aromatic rings. The number of halogens is 1. The van der Waals surface area contributed by atoms with E-state index in [0.29, 0.717) is 22.7 Å². The average molecular weight is 435 g/mol. The Kier molecular flexibility index (Phi) is 6.02. The second-order valence-corrected chi connectivity index (χ2v) is 6.83. The molecule has 3 aromatic heterocycles. The minimum atomic E-state index is -0.453. The van der Waals surface area contributed by atoms with E-state index in [1.54, 1.807) is 18.2 Å². The second kappa shape index (κ2) is 9.21. The molecular weight excluding hydrogens is 417 g/mol. The smallest absolute Gasteiger partial charge is 0.267 e. The highest BCUT2D eigenvalue weighted by Gasteiger charge is 2.09. The third kappa shape index (κ3) is 4.86. The molecule has 4 rings (SSSR count). The molecule has 0 aliphatic carbocycles. The van der Waals surface area contributed by atoms with Gasteiger partial charge < -0.3 is 9.73 Å². The van der Waals surface area contributed by atoms with Crippen molar-refractivity contribution >= 4 is 5.91 Å². The van der Waals surface area contributed by atoms with Gasteiger partial charge in [-0.25, -0.2) is 13.8 Å². The molecule has 9 nitrogen and oxygen atoms in total. The van der Waals surface area contributed by atoms with Crippen LogP contribution in [0, 0.1) is 5.82 Å². The Morgan fingerprint density at radius 2 is 1.59 bits per heavy atom. The maximum Gasteiger partial charge on any atom is 0.267 e. The number of amides is 1. The summed E-state index contributed by atoms with van der Waals surface area (Å²) in [5, 5.41) is 11.0. The number of nitrogens with one attached hydrogen (secondary N) is 1. The predicted molar refractivity (Wildman–Crippen MR) is 113 cm³/mol. The topological polar surface area (TPSA) is 112 Å². The zero-order chi connectivity index (χ0) is 22.5. The molecule has 1 aromatic carbocycles. The lowest BCUT2D eigenvalue weighted by molar-refractivity contribution is -0.121. The van der Waals surface area contributed by atoms with Gasteiger partial charge in [0.25, 0.3) is 11.1 Å². The molecule has 3 heterocycles. The van der Waals surface area contributed by atoms with Crippen molar-refractivity contribution < 1.29 is 13.6 Å². The third-order valence-corrected chi connectivity index (χ3v) is 4.59. The van der Waals surface area contributed by atoms with Crippen LogP contribution < -0.4 is 16.4 Å². The summed E-state index contributed by atoms with van der Waals surface area (Å²) in [4.78, 5) is 36.4. The molecule has 1 N–H and O–H groups in total. The number of hydrogen-bond acceptors (Lipinski definition) is 6. The molecule has 0 saturated carbocycles. The monoisotopic (exact) mass is 435 g/mol. The normalized spacial score (nSPS) is 10.8. The van der Waals surface area contributed by atoms with Gasteiger partial charge in [0.15, 0.2) is 5.76 Å². The molecule has 0 saturated heterocycles. The Labute approximate surface area is 180 Å². The minimum absolute atomic E-state index is 0.125. The molecule has 0 atom stereocenters. The van der Waals surface area contributed by atoms with Crippen LogP contribution in [-0.2, 0) is 17.9 Å². The summed E-state index contributed by atoms with van der Waals surface area (Å²) in [6.45, 7) is -0.0422. The van der Waals surface area contributed by atoms with Crippen LogP contribution in [0.5, 0.6) is 0 Å². The van der Waals surface area contributed by atoms with Gasteiger partial charge in [-0.1, -0.05) is 0 Å². The maximum absolute atomic E-state index is 13.1. The summed E-state index contributed by atoms with van der Waals surface area (Å²) < 4.78 is 20.6. The molecule has 162 valence electrons. The molecule has 32 heavy (non-hydrogen) atoms. The quantitative estimate of drug-likeness (QED) is 0.473. The van der Waals surface area contributed by atoms with Crippen molar-refractivity contribution in [3.8, 4) is 22.7 Å². The summed E-state index contributed by atoms with van der Waals surface area (Å²) >= 11 is 0. The predicted octanol–water partition coefficient (Wildman–Crippen LogP) is 1.68. The molecular formula is C22H18FN5O4. The fraction of sp³-hybridized carbons (Fsp3) is 0.136. The van der Waals surface area contributed by atoms with Crippen LogP contribution in [0.4, 0.5) is 4.39 Å². The maximum atomic E-state index is 13.1. The number of carbonyl (C=O) groups is 1. The summed E-state index contributed by atoms with van der Waals surface area (Å²) in [6, 6.07) is 14.8. The summed E-state index contributed by atoms with van der Waals surface area (Å²) in [5.74, 6) is -0.315. The Morgan fingerprint density at radius 1 is 0.906 bits per heavy atom. The molecule has 0 radical (unpaired) electrons. The summed E-state index contributed by atoms with van der Waals surface area (Å²) in [5.41, 5.74) is 0.772. The zero-order valence-electron chi connectivity index (χ0n) is 16.8. The van der Waals surface area contributed by atoms with Gasteiger partial charge in [0.1, 0.15) is 18.1 Å². The number of nitrogens with zero attached hydrogens (tertiary/aromatic N) is 4. The van der Waals surface area contributed by atoms with Gasteiger partial charge in [-0.3, -0.25) is 14.4 Å². The molecule has 0 bridgehead atoms. The number of rotatable bonds is 7.